The molecule has 0 aliphatic rings. The van der Waals surface area contributed by atoms with Crippen LogP contribution in [-0.4, -0.2) is 26.0 Å². The number of amides is 2. The highest BCUT2D eigenvalue weighted by Crippen LogP contribution is 2.27. The van der Waals surface area contributed by atoms with Gasteiger partial charge in [0.1, 0.15) is 0 Å². The molecule has 0 bridgehead atoms. The van der Waals surface area contributed by atoms with Gasteiger partial charge in [0.15, 0.2) is 11.5 Å². The van der Waals surface area contributed by atoms with Crippen molar-refractivity contribution in [3.63, 3.8) is 0 Å². The van der Waals surface area contributed by atoms with Crippen LogP contribution in [0.1, 0.15) is 15.9 Å². The largest absolute Gasteiger partial charge is 0.493 e. The summed E-state index contributed by atoms with van der Waals surface area (Å²) in [6.07, 6.45) is 0.195. The van der Waals surface area contributed by atoms with E-state index in [2.05, 4.69) is 10.6 Å². The molecule has 1 aromatic heterocycles. The molecule has 0 unspecified atom stereocenters. The fourth-order valence-corrected chi connectivity index (χ4v) is 3.23. The Balaban J connectivity index is 1.59. The van der Waals surface area contributed by atoms with Crippen molar-refractivity contribution < 1.29 is 19.1 Å². The number of benzene rings is 2. The third-order valence-corrected chi connectivity index (χ3v) is 4.79. The fourth-order valence-electron chi connectivity index (χ4n) is 2.62. The quantitative estimate of drug-likeness (QED) is 0.628. The number of carbonyl (C=O) groups excluding carboxylic acids is 2. The number of carbonyl (C=O) groups is 2. The lowest BCUT2D eigenvalue weighted by Gasteiger charge is -2.10. The molecule has 0 atom stereocenters. The lowest BCUT2D eigenvalue weighted by molar-refractivity contribution is -0.115. The molecule has 0 spiro atoms. The van der Waals surface area contributed by atoms with Gasteiger partial charge in [-0.1, -0.05) is 6.07 Å². The molecule has 28 heavy (non-hydrogen) atoms. The maximum atomic E-state index is 12.3. The Labute approximate surface area is 167 Å². The topological polar surface area (TPSA) is 76.7 Å². The summed E-state index contributed by atoms with van der Waals surface area (Å²) in [5.74, 6) is 0.839. The van der Waals surface area contributed by atoms with Gasteiger partial charge in [-0.25, -0.2) is 0 Å². The van der Waals surface area contributed by atoms with Crippen molar-refractivity contribution in [3.8, 4) is 11.5 Å². The van der Waals surface area contributed by atoms with Crippen LogP contribution in [0.5, 0.6) is 11.5 Å². The molecule has 0 saturated carbocycles. The van der Waals surface area contributed by atoms with Crippen LogP contribution in [0.15, 0.2) is 60.0 Å². The molecule has 0 radical (unpaired) electrons. The molecule has 3 rings (SSSR count). The molecule has 6 nitrogen and oxygen atoms in total. The average Bonchev–Trinajstić information content (AvgIpc) is 3.21. The zero-order chi connectivity index (χ0) is 19.9. The number of methoxy groups -OCH3 is 2. The SMILES string of the molecule is COc1ccc(CC(=O)Nc2ccc(C(=O)Nc3cccs3)cc2)cc1OC. The summed E-state index contributed by atoms with van der Waals surface area (Å²) >= 11 is 1.46. The molecular weight excluding hydrogens is 376 g/mol. The van der Waals surface area contributed by atoms with E-state index in [0.717, 1.165) is 10.6 Å². The molecule has 2 N–H and O–H groups in total. The maximum absolute atomic E-state index is 12.3. The summed E-state index contributed by atoms with van der Waals surface area (Å²) < 4.78 is 10.5. The second-order valence-electron chi connectivity index (χ2n) is 5.92. The van der Waals surface area contributed by atoms with Gasteiger partial charge in [-0.2, -0.15) is 0 Å². The smallest absolute Gasteiger partial charge is 0.256 e. The number of thiophene rings is 1. The molecule has 0 aliphatic carbocycles. The van der Waals surface area contributed by atoms with Crippen LogP contribution in [0.25, 0.3) is 0 Å². The monoisotopic (exact) mass is 396 g/mol. The standard InChI is InChI=1S/C21H20N2O4S/c1-26-17-10-5-14(12-18(17)27-2)13-19(24)22-16-8-6-15(7-9-16)21(25)23-20-4-3-11-28-20/h3-12H,13H2,1-2H3,(H,22,24)(H,23,25). The van der Waals surface area contributed by atoms with Gasteiger partial charge in [0.05, 0.1) is 25.6 Å². The fraction of sp³-hybridized carbons (Fsp3) is 0.143. The number of rotatable bonds is 7. The number of hydrogen-bond acceptors (Lipinski definition) is 5. The van der Waals surface area contributed by atoms with Gasteiger partial charge in [0.2, 0.25) is 5.91 Å². The van der Waals surface area contributed by atoms with E-state index in [1.165, 1.54) is 11.3 Å². The molecule has 144 valence electrons. The third kappa shape index (κ3) is 4.89. The van der Waals surface area contributed by atoms with Gasteiger partial charge in [-0.05, 0) is 59.5 Å². The summed E-state index contributed by atoms with van der Waals surface area (Å²) in [5.41, 5.74) is 1.95. The minimum atomic E-state index is -0.189. The number of hydrogen-bond donors (Lipinski definition) is 2. The Bertz CT molecular complexity index is 953. The van der Waals surface area contributed by atoms with Crippen LogP contribution < -0.4 is 20.1 Å². The Kier molecular flexibility index (Phi) is 6.29. The van der Waals surface area contributed by atoms with Crippen molar-refractivity contribution in [2.75, 3.05) is 24.9 Å². The minimum Gasteiger partial charge on any atom is -0.493 e. The van der Waals surface area contributed by atoms with E-state index < -0.39 is 0 Å². The molecule has 0 aliphatic heterocycles. The first kappa shape index (κ1) is 19.4. The summed E-state index contributed by atoms with van der Waals surface area (Å²) in [4.78, 5) is 24.5. The maximum Gasteiger partial charge on any atom is 0.256 e. The predicted octanol–water partition coefficient (Wildman–Crippen LogP) is 4.20. The van der Waals surface area contributed by atoms with E-state index in [-0.39, 0.29) is 18.2 Å². The van der Waals surface area contributed by atoms with Crippen molar-refractivity contribution in [3.05, 3.63) is 71.1 Å². The molecule has 1 heterocycles. The van der Waals surface area contributed by atoms with Crippen LogP contribution in [0.3, 0.4) is 0 Å². The number of ether oxygens (including phenoxy) is 2. The lowest BCUT2D eigenvalue weighted by atomic mass is 10.1. The average molecular weight is 396 g/mol. The first-order valence-corrected chi connectivity index (χ1v) is 9.42. The molecule has 7 heteroatoms. The number of nitrogens with one attached hydrogen (secondary N) is 2. The zero-order valence-corrected chi connectivity index (χ0v) is 16.3. The van der Waals surface area contributed by atoms with Crippen LogP contribution in [0.4, 0.5) is 10.7 Å². The lowest BCUT2D eigenvalue weighted by Crippen LogP contribution is -2.15. The van der Waals surface area contributed by atoms with E-state index in [0.29, 0.717) is 22.7 Å². The van der Waals surface area contributed by atoms with Crippen LogP contribution in [0.2, 0.25) is 0 Å². The highest BCUT2D eigenvalue weighted by atomic mass is 32.1. The minimum absolute atomic E-state index is 0.164. The van der Waals surface area contributed by atoms with E-state index in [9.17, 15) is 9.59 Å². The molecule has 2 aromatic carbocycles. The highest BCUT2D eigenvalue weighted by Gasteiger charge is 2.10. The molecule has 0 saturated heterocycles. The highest BCUT2D eigenvalue weighted by molar-refractivity contribution is 7.14. The first-order chi connectivity index (χ1) is 13.6. The van der Waals surface area contributed by atoms with Crippen molar-refractivity contribution in [2.45, 2.75) is 6.42 Å². The van der Waals surface area contributed by atoms with E-state index in [1.54, 1.807) is 50.6 Å². The van der Waals surface area contributed by atoms with Crippen LogP contribution in [0, 0.1) is 0 Å². The van der Waals surface area contributed by atoms with Gasteiger partial charge in [-0.15, -0.1) is 11.3 Å². The van der Waals surface area contributed by atoms with E-state index in [1.807, 2.05) is 23.6 Å². The van der Waals surface area contributed by atoms with Crippen molar-refractivity contribution in [2.24, 2.45) is 0 Å². The van der Waals surface area contributed by atoms with Crippen molar-refractivity contribution in [1.82, 2.24) is 0 Å². The van der Waals surface area contributed by atoms with Crippen LogP contribution in [-0.2, 0) is 11.2 Å². The third-order valence-electron chi connectivity index (χ3n) is 4.00. The van der Waals surface area contributed by atoms with Gasteiger partial charge in [-0.3, -0.25) is 9.59 Å². The first-order valence-electron chi connectivity index (χ1n) is 8.54. The van der Waals surface area contributed by atoms with Gasteiger partial charge >= 0.3 is 0 Å². The molecular formula is C21H20N2O4S. The summed E-state index contributed by atoms with van der Waals surface area (Å²) in [5, 5.41) is 8.33. The van der Waals surface area contributed by atoms with E-state index >= 15 is 0 Å². The summed E-state index contributed by atoms with van der Waals surface area (Å²) in [6, 6.07) is 15.8. The predicted molar refractivity (Wildman–Crippen MR) is 111 cm³/mol. The van der Waals surface area contributed by atoms with Crippen molar-refractivity contribution >= 4 is 33.8 Å². The Morgan fingerprint density at radius 2 is 1.68 bits per heavy atom. The number of anilines is 2. The molecule has 2 amide bonds. The second-order valence-corrected chi connectivity index (χ2v) is 6.87. The molecule has 3 aromatic rings. The normalized spacial score (nSPS) is 10.2. The summed E-state index contributed by atoms with van der Waals surface area (Å²) in [7, 11) is 3.12. The second kappa shape index (κ2) is 9.05. The van der Waals surface area contributed by atoms with Gasteiger partial charge in [0.25, 0.3) is 5.91 Å². The van der Waals surface area contributed by atoms with Gasteiger partial charge in [0, 0.05) is 11.3 Å². The zero-order valence-electron chi connectivity index (χ0n) is 15.5. The summed E-state index contributed by atoms with van der Waals surface area (Å²) in [6.45, 7) is 0. The Hall–Kier alpha value is -3.32. The van der Waals surface area contributed by atoms with Crippen molar-refractivity contribution in [1.29, 1.82) is 0 Å². The van der Waals surface area contributed by atoms with E-state index in [4.69, 9.17) is 9.47 Å². The Morgan fingerprint density at radius 1 is 0.929 bits per heavy atom. The van der Waals surface area contributed by atoms with Gasteiger partial charge < -0.3 is 20.1 Å². The molecule has 0 fully saturated rings. The Morgan fingerprint density at radius 3 is 2.32 bits per heavy atom. The van der Waals surface area contributed by atoms with Crippen LogP contribution >= 0.6 is 11.3 Å².